The number of carbonyl (C=O) groups is 2. The summed E-state index contributed by atoms with van der Waals surface area (Å²) < 4.78 is 22.7. The summed E-state index contributed by atoms with van der Waals surface area (Å²) in [6.07, 6.45) is 1.10. The Morgan fingerprint density at radius 3 is 2.29 bits per heavy atom. The summed E-state index contributed by atoms with van der Waals surface area (Å²) in [5, 5.41) is 9.29. The van der Waals surface area contributed by atoms with Gasteiger partial charge in [0.15, 0.2) is 9.84 Å². The van der Waals surface area contributed by atoms with Crippen molar-refractivity contribution in [2.24, 2.45) is 0 Å². The second kappa shape index (κ2) is 5.03. The van der Waals surface area contributed by atoms with Crippen LogP contribution in [-0.2, 0) is 19.4 Å². The van der Waals surface area contributed by atoms with Crippen LogP contribution < -0.4 is 0 Å². The van der Waals surface area contributed by atoms with Gasteiger partial charge in [0.2, 0.25) is 6.41 Å². The van der Waals surface area contributed by atoms with Crippen LogP contribution in [-0.4, -0.2) is 54.4 Å². The molecule has 1 aliphatic rings. The van der Waals surface area contributed by atoms with Gasteiger partial charge in [0, 0.05) is 6.54 Å². The van der Waals surface area contributed by atoms with Crippen LogP contribution in [0.15, 0.2) is 0 Å². The molecule has 1 heterocycles. The van der Waals surface area contributed by atoms with Gasteiger partial charge in [0.1, 0.15) is 5.54 Å². The van der Waals surface area contributed by atoms with Gasteiger partial charge in [0.05, 0.1) is 11.5 Å². The molecule has 0 atom stereocenters. The molecule has 1 saturated heterocycles. The van der Waals surface area contributed by atoms with E-state index >= 15 is 0 Å². The molecule has 0 aromatic rings. The van der Waals surface area contributed by atoms with Crippen LogP contribution >= 0.6 is 0 Å². The van der Waals surface area contributed by atoms with Crippen molar-refractivity contribution in [2.45, 2.75) is 31.7 Å². The summed E-state index contributed by atoms with van der Waals surface area (Å²) >= 11 is 0. The van der Waals surface area contributed by atoms with E-state index in [1.165, 1.54) is 4.90 Å². The Labute approximate surface area is 101 Å². The zero-order chi connectivity index (χ0) is 13.1. The molecule has 0 saturated carbocycles. The maximum atomic E-state index is 11.4. The van der Waals surface area contributed by atoms with Crippen LogP contribution in [0.5, 0.6) is 0 Å². The zero-order valence-electron chi connectivity index (χ0n) is 9.76. The maximum absolute atomic E-state index is 11.4. The lowest BCUT2D eigenvalue weighted by Crippen LogP contribution is -2.58. The van der Waals surface area contributed by atoms with Gasteiger partial charge >= 0.3 is 5.97 Å². The van der Waals surface area contributed by atoms with Gasteiger partial charge in [-0.2, -0.15) is 0 Å². The van der Waals surface area contributed by atoms with Gasteiger partial charge in [-0.1, -0.05) is 6.92 Å². The van der Waals surface area contributed by atoms with Crippen molar-refractivity contribution in [3.63, 3.8) is 0 Å². The molecule has 0 aromatic heterocycles. The van der Waals surface area contributed by atoms with Crippen molar-refractivity contribution in [1.29, 1.82) is 0 Å². The predicted octanol–water partition coefficient (Wildman–Crippen LogP) is -0.113. The minimum absolute atomic E-state index is 0.0244. The lowest BCUT2D eigenvalue weighted by molar-refractivity contribution is -0.156. The highest BCUT2D eigenvalue weighted by atomic mass is 32.2. The molecule has 17 heavy (non-hydrogen) atoms. The van der Waals surface area contributed by atoms with Gasteiger partial charge in [-0.25, -0.2) is 13.2 Å². The van der Waals surface area contributed by atoms with E-state index in [9.17, 15) is 23.1 Å². The van der Waals surface area contributed by atoms with E-state index < -0.39 is 21.3 Å². The number of hydrogen-bond donors (Lipinski definition) is 1. The molecular weight excluding hydrogens is 246 g/mol. The van der Waals surface area contributed by atoms with Crippen LogP contribution in [0.4, 0.5) is 0 Å². The number of rotatable bonds is 5. The molecule has 1 rings (SSSR count). The number of amides is 1. The third kappa shape index (κ3) is 2.77. The van der Waals surface area contributed by atoms with Gasteiger partial charge in [-0.3, -0.25) is 4.79 Å². The molecule has 7 heteroatoms. The molecule has 0 radical (unpaired) electrons. The number of nitrogens with zero attached hydrogens (tertiary/aromatic N) is 1. The summed E-state index contributed by atoms with van der Waals surface area (Å²) in [4.78, 5) is 23.6. The molecule has 0 aromatic carbocycles. The summed E-state index contributed by atoms with van der Waals surface area (Å²) in [6.45, 7) is 2.17. The predicted molar refractivity (Wildman–Crippen MR) is 61.3 cm³/mol. The molecule has 1 fully saturated rings. The Bertz CT molecular complexity index is 389. The first-order valence-corrected chi connectivity index (χ1v) is 7.36. The Hall–Kier alpha value is -1.11. The average molecular weight is 263 g/mol. The summed E-state index contributed by atoms with van der Waals surface area (Å²) in [7, 11) is -3.15. The van der Waals surface area contributed by atoms with Crippen LogP contribution in [0.1, 0.15) is 26.2 Å². The molecule has 0 spiro atoms. The fourth-order valence-electron chi connectivity index (χ4n) is 2.11. The molecule has 6 nitrogen and oxygen atoms in total. The number of carboxylic acids is 1. The molecular formula is C10H17NO5S. The van der Waals surface area contributed by atoms with Crippen molar-refractivity contribution in [3.05, 3.63) is 0 Å². The molecule has 0 aliphatic carbocycles. The second-order valence-electron chi connectivity index (χ2n) is 4.29. The number of hydrogen-bond acceptors (Lipinski definition) is 4. The number of aliphatic carboxylic acids is 1. The molecule has 0 bridgehead atoms. The van der Waals surface area contributed by atoms with E-state index in [0.717, 1.165) is 0 Å². The Morgan fingerprint density at radius 1 is 1.41 bits per heavy atom. The molecule has 0 unspecified atom stereocenters. The van der Waals surface area contributed by atoms with E-state index in [-0.39, 0.29) is 24.3 Å². The van der Waals surface area contributed by atoms with Crippen molar-refractivity contribution < 1.29 is 23.1 Å². The summed E-state index contributed by atoms with van der Waals surface area (Å²) in [5.41, 5.74) is -1.34. The third-order valence-electron chi connectivity index (χ3n) is 3.19. The fourth-order valence-corrected chi connectivity index (χ4v) is 3.61. The van der Waals surface area contributed by atoms with Gasteiger partial charge in [-0.15, -0.1) is 0 Å². The first-order chi connectivity index (χ1) is 7.88. The molecule has 1 amide bonds. The quantitative estimate of drug-likeness (QED) is 0.699. The Morgan fingerprint density at radius 2 is 1.94 bits per heavy atom. The lowest BCUT2D eigenvalue weighted by Gasteiger charge is -2.40. The zero-order valence-corrected chi connectivity index (χ0v) is 10.6. The largest absolute Gasteiger partial charge is 0.479 e. The summed E-state index contributed by atoms with van der Waals surface area (Å²) in [6, 6.07) is 0. The van der Waals surface area contributed by atoms with Crippen LogP contribution in [0.3, 0.4) is 0 Å². The fraction of sp³-hybridized carbons (Fsp3) is 0.800. The molecule has 98 valence electrons. The highest BCUT2D eigenvalue weighted by Gasteiger charge is 2.47. The third-order valence-corrected chi connectivity index (χ3v) is 4.85. The molecule has 1 aliphatic heterocycles. The highest BCUT2D eigenvalue weighted by molar-refractivity contribution is 7.91. The maximum Gasteiger partial charge on any atom is 0.329 e. The average Bonchev–Trinajstić information content (AvgIpc) is 2.26. The lowest BCUT2D eigenvalue weighted by atomic mass is 9.90. The smallest absolute Gasteiger partial charge is 0.329 e. The van der Waals surface area contributed by atoms with E-state index in [2.05, 4.69) is 0 Å². The highest BCUT2D eigenvalue weighted by Crippen LogP contribution is 2.30. The van der Waals surface area contributed by atoms with E-state index in [1.54, 1.807) is 0 Å². The monoisotopic (exact) mass is 263 g/mol. The van der Waals surface area contributed by atoms with Crippen molar-refractivity contribution in [2.75, 3.05) is 18.1 Å². The van der Waals surface area contributed by atoms with Gasteiger partial charge in [0.25, 0.3) is 0 Å². The first kappa shape index (κ1) is 14.0. The standard InChI is InChI=1S/C10H17NO5S/c1-2-5-11(8-12)10(9(13)14)3-6-17(15,16)7-4-10/h8H,2-7H2,1H3,(H,13,14). The SMILES string of the molecule is CCCN(C=O)C1(C(=O)O)CCS(=O)(=O)CC1. The van der Waals surface area contributed by atoms with E-state index in [0.29, 0.717) is 19.4 Å². The topological polar surface area (TPSA) is 91.8 Å². The van der Waals surface area contributed by atoms with Crippen molar-refractivity contribution in [3.8, 4) is 0 Å². The summed E-state index contributed by atoms with van der Waals surface area (Å²) in [5.74, 6) is -1.46. The minimum atomic E-state index is -3.15. The van der Waals surface area contributed by atoms with Crippen molar-refractivity contribution >= 4 is 22.2 Å². The Kier molecular flexibility index (Phi) is 4.13. The van der Waals surface area contributed by atoms with Crippen LogP contribution in [0, 0.1) is 0 Å². The van der Waals surface area contributed by atoms with Crippen LogP contribution in [0.2, 0.25) is 0 Å². The first-order valence-electron chi connectivity index (χ1n) is 5.54. The van der Waals surface area contributed by atoms with Gasteiger partial charge < -0.3 is 10.0 Å². The van der Waals surface area contributed by atoms with E-state index in [4.69, 9.17) is 0 Å². The van der Waals surface area contributed by atoms with Crippen LogP contribution in [0.25, 0.3) is 0 Å². The van der Waals surface area contributed by atoms with Gasteiger partial charge in [-0.05, 0) is 19.3 Å². The normalized spacial score (nSPS) is 21.7. The number of carboxylic acid groups (broad SMARTS) is 1. The number of carbonyl (C=O) groups excluding carboxylic acids is 1. The second-order valence-corrected chi connectivity index (χ2v) is 6.59. The van der Waals surface area contributed by atoms with Crippen molar-refractivity contribution in [1.82, 2.24) is 4.90 Å². The molecule has 1 N–H and O–H groups in total. The number of sulfone groups is 1. The minimum Gasteiger partial charge on any atom is -0.479 e. The van der Waals surface area contributed by atoms with E-state index in [1.807, 2.05) is 6.92 Å². The Balaban J connectivity index is 2.99.